The topological polar surface area (TPSA) is 70.4 Å². The lowest BCUT2D eigenvalue weighted by Crippen LogP contribution is -2.27. The number of carbonyl (C=O) groups is 1. The molecule has 0 aliphatic carbocycles. The molecule has 2 aliphatic rings. The standard InChI is InChI=1S/C23H27F3N4OS/c24-23(25,26)16-12-19(29-22(31)5-7-28-8-6-27)18-11-15-3-4-17(30-9-1-2-10-30)14-20(15)32-21(18)13-16/h3-4,12-14,28H,1-2,5-11,27H2,(H,29,31). The lowest BCUT2D eigenvalue weighted by Gasteiger charge is -2.26. The second kappa shape index (κ2) is 9.72. The maximum absolute atomic E-state index is 13.6. The second-order valence-corrected chi connectivity index (χ2v) is 9.18. The molecule has 5 nitrogen and oxygen atoms in total. The highest BCUT2D eigenvalue weighted by molar-refractivity contribution is 7.99. The minimum atomic E-state index is -4.49. The molecule has 4 rings (SSSR count). The fourth-order valence-corrected chi connectivity index (χ4v) is 5.28. The number of nitrogens with zero attached hydrogens (tertiary/aromatic N) is 1. The zero-order valence-corrected chi connectivity index (χ0v) is 18.5. The summed E-state index contributed by atoms with van der Waals surface area (Å²) in [5.41, 5.74) is 7.80. The third-order valence-corrected chi connectivity index (χ3v) is 6.95. The van der Waals surface area contributed by atoms with Crippen LogP contribution in [-0.4, -0.2) is 38.6 Å². The van der Waals surface area contributed by atoms with Gasteiger partial charge >= 0.3 is 6.18 Å². The number of nitrogens with one attached hydrogen (secondary N) is 2. The number of halogens is 3. The minimum absolute atomic E-state index is 0.161. The van der Waals surface area contributed by atoms with Crippen LogP contribution in [0, 0.1) is 0 Å². The van der Waals surface area contributed by atoms with Crippen molar-refractivity contribution >= 4 is 29.0 Å². The lowest BCUT2D eigenvalue weighted by molar-refractivity contribution is -0.137. The average molecular weight is 465 g/mol. The van der Waals surface area contributed by atoms with Crippen LogP contribution < -0.4 is 21.3 Å². The molecule has 1 saturated heterocycles. The Bertz CT molecular complexity index is 990. The third-order valence-electron chi connectivity index (χ3n) is 5.77. The maximum atomic E-state index is 13.6. The molecular formula is C23H27F3N4OS. The first-order valence-corrected chi connectivity index (χ1v) is 11.7. The van der Waals surface area contributed by atoms with Crippen molar-refractivity contribution in [1.29, 1.82) is 0 Å². The number of anilines is 2. The molecule has 0 aromatic heterocycles. The summed E-state index contributed by atoms with van der Waals surface area (Å²) < 4.78 is 40.7. The maximum Gasteiger partial charge on any atom is 0.416 e. The van der Waals surface area contributed by atoms with Crippen LogP contribution in [-0.2, 0) is 17.4 Å². The molecule has 0 atom stereocenters. The first-order valence-electron chi connectivity index (χ1n) is 10.9. The van der Waals surface area contributed by atoms with Crippen molar-refractivity contribution < 1.29 is 18.0 Å². The van der Waals surface area contributed by atoms with Crippen molar-refractivity contribution in [2.24, 2.45) is 5.73 Å². The van der Waals surface area contributed by atoms with E-state index in [0.29, 0.717) is 31.0 Å². The smallest absolute Gasteiger partial charge is 0.372 e. The van der Waals surface area contributed by atoms with E-state index in [9.17, 15) is 18.0 Å². The summed E-state index contributed by atoms with van der Waals surface area (Å²) >= 11 is 1.35. The highest BCUT2D eigenvalue weighted by Crippen LogP contribution is 2.46. The van der Waals surface area contributed by atoms with Gasteiger partial charge in [-0.25, -0.2) is 0 Å². The molecule has 0 saturated carbocycles. The van der Waals surface area contributed by atoms with E-state index in [1.165, 1.54) is 17.8 Å². The van der Waals surface area contributed by atoms with Crippen LogP contribution in [0.25, 0.3) is 0 Å². The molecule has 172 valence electrons. The number of benzene rings is 2. The molecule has 32 heavy (non-hydrogen) atoms. The summed E-state index contributed by atoms with van der Waals surface area (Å²) in [4.78, 5) is 16.2. The summed E-state index contributed by atoms with van der Waals surface area (Å²) in [7, 11) is 0. The molecule has 2 aromatic carbocycles. The third kappa shape index (κ3) is 5.22. The van der Waals surface area contributed by atoms with Crippen LogP contribution in [0.15, 0.2) is 40.1 Å². The summed E-state index contributed by atoms with van der Waals surface area (Å²) in [5.74, 6) is -0.323. The lowest BCUT2D eigenvalue weighted by atomic mass is 9.99. The van der Waals surface area contributed by atoms with Crippen LogP contribution in [0.2, 0.25) is 0 Å². The Morgan fingerprint density at radius 1 is 1.09 bits per heavy atom. The van der Waals surface area contributed by atoms with Crippen molar-refractivity contribution in [3.8, 4) is 0 Å². The van der Waals surface area contributed by atoms with Gasteiger partial charge in [0.1, 0.15) is 0 Å². The molecule has 4 N–H and O–H groups in total. The second-order valence-electron chi connectivity index (χ2n) is 8.10. The van der Waals surface area contributed by atoms with Crippen molar-refractivity contribution in [2.75, 3.05) is 42.9 Å². The number of nitrogens with two attached hydrogens (primary N) is 1. The molecule has 0 unspecified atom stereocenters. The largest absolute Gasteiger partial charge is 0.416 e. The van der Waals surface area contributed by atoms with E-state index < -0.39 is 11.7 Å². The number of hydrogen-bond acceptors (Lipinski definition) is 5. The van der Waals surface area contributed by atoms with Gasteiger partial charge in [0.15, 0.2) is 0 Å². The Kier molecular flexibility index (Phi) is 6.97. The van der Waals surface area contributed by atoms with E-state index in [2.05, 4.69) is 33.7 Å². The zero-order chi connectivity index (χ0) is 22.7. The van der Waals surface area contributed by atoms with Crippen molar-refractivity contribution in [1.82, 2.24) is 5.32 Å². The van der Waals surface area contributed by atoms with Crippen LogP contribution in [0.1, 0.15) is 36.0 Å². The van der Waals surface area contributed by atoms with E-state index in [-0.39, 0.29) is 18.0 Å². The van der Waals surface area contributed by atoms with E-state index in [0.717, 1.165) is 53.7 Å². The van der Waals surface area contributed by atoms with Gasteiger partial charge in [0.05, 0.1) is 5.56 Å². The highest BCUT2D eigenvalue weighted by atomic mass is 32.2. The monoisotopic (exact) mass is 464 g/mol. The molecule has 2 aliphatic heterocycles. The number of carbonyl (C=O) groups excluding carboxylic acids is 1. The van der Waals surface area contributed by atoms with Gasteiger partial charge in [-0.3, -0.25) is 4.79 Å². The molecule has 2 aromatic rings. The van der Waals surface area contributed by atoms with E-state index in [1.54, 1.807) is 0 Å². The van der Waals surface area contributed by atoms with Crippen molar-refractivity contribution in [2.45, 2.75) is 41.7 Å². The van der Waals surface area contributed by atoms with Crippen LogP contribution in [0.5, 0.6) is 0 Å². The quantitative estimate of drug-likeness (QED) is 0.457. The molecule has 0 bridgehead atoms. The number of hydrogen-bond donors (Lipinski definition) is 3. The highest BCUT2D eigenvalue weighted by Gasteiger charge is 2.33. The summed E-state index contributed by atoms with van der Waals surface area (Å²) in [6, 6.07) is 8.47. The van der Waals surface area contributed by atoms with Gasteiger partial charge in [0, 0.05) is 66.7 Å². The van der Waals surface area contributed by atoms with Gasteiger partial charge in [-0.15, -0.1) is 0 Å². The summed E-state index contributed by atoms with van der Waals surface area (Å²) in [6.07, 6.45) is -1.53. The predicted molar refractivity (Wildman–Crippen MR) is 121 cm³/mol. The average Bonchev–Trinajstić information content (AvgIpc) is 3.29. The SMILES string of the molecule is NCCNCCC(=O)Nc1cc(C(F)(F)F)cc2c1Cc1ccc(N3CCCC3)cc1S2. The Morgan fingerprint density at radius 3 is 2.59 bits per heavy atom. The van der Waals surface area contributed by atoms with Crippen LogP contribution >= 0.6 is 11.8 Å². The van der Waals surface area contributed by atoms with E-state index in [4.69, 9.17) is 5.73 Å². The van der Waals surface area contributed by atoms with Gasteiger partial charge in [0.2, 0.25) is 5.91 Å². The number of alkyl halides is 3. The molecule has 0 spiro atoms. The predicted octanol–water partition coefficient (Wildman–Crippen LogP) is 4.24. The van der Waals surface area contributed by atoms with Gasteiger partial charge in [-0.1, -0.05) is 17.8 Å². The number of amides is 1. The Hall–Kier alpha value is -2.23. The first-order chi connectivity index (χ1) is 15.3. The normalized spacial score (nSPS) is 15.4. The Balaban J connectivity index is 1.60. The molecule has 1 amide bonds. The van der Waals surface area contributed by atoms with Gasteiger partial charge < -0.3 is 21.3 Å². The number of rotatable bonds is 7. The van der Waals surface area contributed by atoms with Gasteiger partial charge in [-0.05, 0) is 48.2 Å². The summed E-state index contributed by atoms with van der Waals surface area (Å²) in [6.45, 7) is 3.47. The fraction of sp³-hybridized carbons (Fsp3) is 0.435. The molecule has 9 heteroatoms. The molecular weight excluding hydrogens is 437 g/mol. The molecule has 2 heterocycles. The Labute approximate surface area is 189 Å². The summed E-state index contributed by atoms with van der Waals surface area (Å²) in [5, 5.41) is 5.73. The van der Waals surface area contributed by atoms with E-state index in [1.807, 2.05) is 0 Å². The van der Waals surface area contributed by atoms with Crippen molar-refractivity contribution in [3.05, 3.63) is 47.0 Å². The first kappa shape index (κ1) is 22.9. The van der Waals surface area contributed by atoms with Gasteiger partial charge in [-0.2, -0.15) is 13.2 Å². The van der Waals surface area contributed by atoms with Crippen molar-refractivity contribution in [3.63, 3.8) is 0 Å². The minimum Gasteiger partial charge on any atom is -0.372 e. The van der Waals surface area contributed by atoms with E-state index >= 15 is 0 Å². The molecule has 0 radical (unpaired) electrons. The fourth-order valence-electron chi connectivity index (χ4n) is 4.10. The van der Waals surface area contributed by atoms with Gasteiger partial charge in [0.25, 0.3) is 0 Å². The van der Waals surface area contributed by atoms with Crippen LogP contribution in [0.3, 0.4) is 0 Å². The Morgan fingerprint density at radius 2 is 1.88 bits per heavy atom. The van der Waals surface area contributed by atoms with Crippen LogP contribution in [0.4, 0.5) is 24.5 Å². The zero-order valence-electron chi connectivity index (χ0n) is 17.7. The molecule has 1 fully saturated rings. The number of fused-ring (bicyclic) bond motifs is 2.